The highest BCUT2D eigenvalue weighted by molar-refractivity contribution is 5.82. The zero-order valence-electron chi connectivity index (χ0n) is 10.0. The third-order valence-electron chi connectivity index (χ3n) is 2.71. The van der Waals surface area contributed by atoms with Crippen LogP contribution >= 0.6 is 0 Å². The highest BCUT2D eigenvalue weighted by atomic mass is 16.2. The molecule has 0 aromatic heterocycles. The monoisotopic (exact) mass is 213 g/mol. The van der Waals surface area contributed by atoms with E-state index in [9.17, 15) is 4.79 Å². The minimum absolute atomic E-state index is 0.0345. The molecule has 88 valence electrons. The Morgan fingerprint density at radius 1 is 1.47 bits per heavy atom. The van der Waals surface area contributed by atoms with Crippen molar-refractivity contribution < 1.29 is 4.79 Å². The van der Waals surface area contributed by atoms with Crippen LogP contribution in [0.4, 0.5) is 0 Å². The highest BCUT2D eigenvalue weighted by Crippen LogP contribution is 2.04. The summed E-state index contributed by atoms with van der Waals surface area (Å²) >= 11 is 0. The van der Waals surface area contributed by atoms with E-state index in [1.54, 1.807) is 0 Å². The third kappa shape index (κ3) is 3.47. The molecular formula is C11H23N3O. The van der Waals surface area contributed by atoms with Crippen LogP contribution in [-0.4, -0.2) is 49.1 Å². The number of nitrogens with one attached hydrogen (secondary N) is 2. The quantitative estimate of drug-likeness (QED) is 0.701. The molecule has 0 aromatic rings. The van der Waals surface area contributed by atoms with Crippen LogP contribution in [0.3, 0.4) is 0 Å². The van der Waals surface area contributed by atoms with Gasteiger partial charge in [0.1, 0.15) is 0 Å². The predicted molar refractivity (Wildman–Crippen MR) is 61.8 cm³/mol. The SMILES string of the molecule is CCCN(C(=O)C1CNCCN1)C(C)C. The molecule has 2 N–H and O–H groups in total. The Kier molecular flexibility index (Phi) is 5.05. The number of piperazine rings is 1. The minimum Gasteiger partial charge on any atom is -0.339 e. The zero-order valence-corrected chi connectivity index (χ0v) is 10.0. The van der Waals surface area contributed by atoms with Gasteiger partial charge in [-0.1, -0.05) is 6.92 Å². The number of amides is 1. The van der Waals surface area contributed by atoms with Gasteiger partial charge in [-0.25, -0.2) is 0 Å². The molecule has 15 heavy (non-hydrogen) atoms. The molecule has 0 aromatic carbocycles. The first kappa shape index (κ1) is 12.5. The summed E-state index contributed by atoms with van der Waals surface area (Å²) in [6, 6.07) is 0.258. The summed E-state index contributed by atoms with van der Waals surface area (Å²) in [5.41, 5.74) is 0. The van der Waals surface area contributed by atoms with E-state index in [1.807, 2.05) is 4.90 Å². The number of hydrogen-bond acceptors (Lipinski definition) is 3. The van der Waals surface area contributed by atoms with Gasteiger partial charge in [0.2, 0.25) is 5.91 Å². The van der Waals surface area contributed by atoms with Gasteiger partial charge in [0.25, 0.3) is 0 Å². The van der Waals surface area contributed by atoms with Gasteiger partial charge in [0, 0.05) is 32.2 Å². The molecule has 1 unspecified atom stereocenters. The van der Waals surface area contributed by atoms with Crippen LogP contribution in [0.15, 0.2) is 0 Å². The van der Waals surface area contributed by atoms with Crippen molar-refractivity contribution in [1.29, 1.82) is 0 Å². The second-order valence-corrected chi connectivity index (χ2v) is 4.34. The molecule has 0 spiro atoms. The van der Waals surface area contributed by atoms with E-state index in [0.717, 1.165) is 32.6 Å². The molecule has 1 aliphatic heterocycles. The molecular weight excluding hydrogens is 190 g/mol. The van der Waals surface area contributed by atoms with Gasteiger partial charge in [0.15, 0.2) is 0 Å². The standard InChI is InChI=1S/C11H23N3O/c1-4-7-14(9(2)3)11(15)10-8-12-5-6-13-10/h9-10,12-13H,4-8H2,1-3H3. The van der Waals surface area contributed by atoms with E-state index in [4.69, 9.17) is 0 Å². The lowest BCUT2D eigenvalue weighted by Crippen LogP contribution is -2.57. The van der Waals surface area contributed by atoms with Gasteiger partial charge in [-0.15, -0.1) is 0 Å². The summed E-state index contributed by atoms with van der Waals surface area (Å²) in [6.45, 7) is 9.71. The Bertz CT molecular complexity index is 200. The maximum Gasteiger partial charge on any atom is 0.241 e. The molecule has 1 aliphatic rings. The van der Waals surface area contributed by atoms with Crippen molar-refractivity contribution in [2.24, 2.45) is 0 Å². The van der Waals surface area contributed by atoms with Crippen molar-refractivity contribution in [1.82, 2.24) is 15.5 Å². The molecule has 1 heterocycles. The molecule has 1 saturated heterocycles. The van der Waals surface area contributed by atoms with Gasteiger partial charge in [-0.3, -0.25) is 4.79 Å². The van der Waals surface area contributed by atoms with Gasteiger partial charge >= 0.3 is 0 Å². The number of carbonyl (C=O) groups excluding carboxylic acids is 1. The van der Waals surface area contributed by atoms with E-state index < -0.39 is 0 Å². The van der Waals surface area contributed by atoms with Gasteiger partial charge in [-0.2, -0.15) is 0 Å². The number of rotatable bonds is 4. The van der Waals surface area contributed by atoms with E-state index >= 15 is 0 Å². The van der Waals surface area contributed by atoms with Crippen LogP contribution < -0.4 is 10.6 Å². The van der Waals surface area contributed by atoms with Crippen molar-refractivity contribution in [3.05, 3.63) is 0 Å². The van der Waals surface area contributed by atoms with Crippen LogP contribution in [-0.2, 0) is 4.79 Å². The molecule has 4 nitrogen and oxygen atoms in total. The minimum atomic E-state index is -0.0345. The first-order valence-corrected chi connectivity index (χ1v) is 5.91. The van der Waals surface area contributed by atoms with Gasteiger partial charge < -0.3 is 15.5 Å². The van der Waals surface area contributed by atoms with Crippen molar-refractivity contribution in [2.45, 2.75) is 39.3 Å². The molecule has 1 rings (SSSR count). The summed E-state index contributed by atoms with van der Waals surface area (Å²) in [6.07, 6.45) is 1.02. The second-order valence-electron chi connectivity index (χ2n) is 4.34. The topological polar surface area (TPSA) is 44.4 Å². The molecule has 4 heteroatoms. The lowest BCUT2D eigenvalue weighted by Gasteiger charge is -2.32. The average Bonchev–Trinajstić information content (AvgIpc) is 2.26. The number of hydrogen-bond donors (Lipinski definition) is 2. The van der Waals surface area contributed by atoms with Crippen molar-refractivity contribution >= 4 is 5.91 Å². The molecule has 1 fully saturated rings. The summed E-state index contributed by atoms with van der Waals surface area (Å²) < 4.78 is 0. The zero-order chi connectivity index (χ0) is 11.3. The summed E-state index contributed by atoms with van der Waals surface area (Å²) in [4.78, 5) is 14.1. The molecule has 0 radical (unpaired) electrons. The fraction of sp³-hybridized carbons (Fsp3) is 0.909. The predicted octanol–water partition coefficient (Wildman–Crippen LogP) is 0.195. The van der Waals surface area contributed by atoms with E-state index in [-0.39, 0.29) is 11.9 Å². The smallest absolute Gasteiger partial charge is 0.241 e. The maximum absolute atomic E-state index is 12.2. The normalized spacial score (nSPS) is 21.7. The molecule has 0 aliphatic carbocycles. The van der Waals surface area contributed by atoms with Crippen molar-refractivity contribution in [3.63, 3.8) is 0 Å². The van der Waals surface area contributed by atoms with Crippen LogP contribution in [0.5, 0.6) is 0 Å². The van der Waals surface area contributed by atoms with Gasteiger partial charge in [0.05, 0.1) is 6.04 Å². The second kappa shape index (κ2) is 6.08. The van der Waals surface area contributed by atoms with Crippen molar-refractivity contribution in [3.8, 4) is 0 Å². The average molecular weight is 213 g/mol. The van der Waals surface area contributed by atoms with Crippen LogP contribution in [0, 0.1) is 0 Å². The van der Waals surface area contributed by atoms with E-state index in [0.29, 0.717) is 6.04 Å². The lowest BCUT2D eigenvalue weighted by atomic mass is 10.1. The maximum atomic E-state index is 12.2. The summed E-state index contributed by atoms with van der Waals surface area (Å²) in [5.74, 6) is 0.235. The largest absolute Gasteiger partial charge is 0.339 e. The van der Waals surface area contributed by atoms with E-state index in [1.165, 1.54) is 0 Å². The number of carbonyl (C=O) groups is 1. The lowest BCUT2D eigenvalue weighted by molar-refractivity contribution is -0.135. The third-order valence-corrected chi connectivity index (χ3v) is 2.71. The fourth-order valence-corrected chi connectivity index (χ4v) is 1.89. The summed E-state index contributed by atoms with van der Waals surface area (Å²) in [5, 5.41) is 6.50. The molecule has 0 saturated carbocycles. The van der Waals surface area contributed by atoms with Crippen LogP contribution in [0.2, 0.25) is 0 Å². The molecule has 0 bridgehead atoms. The Balaban J connectivity index is 2.53. The Hall–Kier alpha value is -0.610. The van der Waals surface area contributed by atoms with E-state index in [2.05, 4.69) is 31.4 Å². The van der Waals surface area contributed by atoms with Crippen LogP contribution in [0.1, 0.15) is 27.2 Å². The van der Waals surface area contributed by atoms with Crippen molar-refractivity contribution in [2.75, 3.05) is 26.2 Å². The van der Waals surface area contributed by atoms with Gasteiger partial charge in [-0.05, 0) is 20.3 Å². The number of nitrogens with zero attached hydrogens (tertiary/aromatic N) is 1. The highest BCUT2D eigenvalue weighted by Gasteiger charge is 2.26. The fourth-order valence-electron chi connectivity index (χ4n) is 1.89. The first-order valence-electron chi connectivity index (χ1n) is 5.91. The molecule has 1 amide bonds. The first-order chi connectivity index (χ1) is 7.16. The Labute approximate surface area is 92.4 Å². The summed E-state index contributed by atoms with van der Waals surface area (Å²) in [7, 11) is 0. The molecule has 1 atom stereocenters. The van der Waals surface area contributed by atoms with Crippen LogP contribution in [0.25, 0.3) is 0 Å². The Morgan fingerprint density at radius 3 is 2.67 bits per heavy atom. The Morgan fingerprint density at radius 2 is 2.20 bits per heavy atom.